The summed E-state index contributed by atoms with van der Waals surface area (Å²) in [4.78, 5) is 10.9. The van der Waals surface area contributed by atoms with E-state index in [1.807, 2.05) is 6.07 Å². The number of nitrogens with two attached hydrogens (primary N) is 1. The molecule has 0 fully saturated rings. The summed E-state index contributed by atoms with van der Waals surface area (Å²) in [6, 6.07) is 3.63. The van der Waals surface area contributed by atoms with E-state index in [2.05, 4.69) is 0 Å². The van der Waals surface area contributed by atoms with Crippen LogP contribution in [0.15, 0.2) is 12.1 Å². The average molecular weight is 221 g/mol. The van der Waals surface area contributed by atoms with Crippen molar-refractivity contribution in [1.82, 2.24) is 0 Å². The van der Waals surface area contributed by atoms with Crippen molar-refractivity contribution in [3.05, 3.63) is 23.3 Å². The van der Waals surface area contributed by atoms with Crippen molar-refractivity contribution in [2.45, 2.75) is 12.8 Å². The molecule has 0 spiro atoms. The first kappa shape index (κ1) is 11.0. The zero-order chi connectivity index (χ0) is 11.4. The van der Waals surface area contributed by atoms with E-state index in [-0.39, 0.29) is 0 Å². The zero-order valence-corrected chi connectivity index (χ0v) is 9.07. The Morgan fingerprint density at radius 3 is 2.69 bits per heavy atom. The Morgan fingerprint density at radius 2 is 2.00 bits per heavy atom. The summed E-state index contributed by atoms with van der Waals surface area (Å²) >= 11 is 0. The highest BCUT2D eigenvalue weighted by atomic mass is 16.5. The van der Waals surface area contributed by atoms with Crippen molar-refractivity contribution in [2.24, 2.45) is 5.73 Å². The molecule has 0 amide bonds. The topological polar surface area (TPSA) is 61.6 Å². The minimum absolute atomic E-state index is 0.540. The molecule has 1 aromatic carbocycles. The minimum atomic E-state index is 0.540. The number of carbonyl (C=O) groups excluding carboxylic acids is 1. The molecule has 1 aromatic rings. The molecular formula is C12H15NO3. The first-order valence-electron chi connectivity index (χ1n) is 5.43. The van der Waals surface area contributed by atoms with E-state index in [0.717, 1.165) is 24.7 Å². The van der Waals surface area contributed by atoms with Gasteiger partial charge in [0.2, 0.25) is 0 Å². The summed E-state index contributed by atoms with van der Waals surface area (Å²) in [5.41, 5.74) is 7.08. The van der Waals surface area contributed by atoms with Gasteiger partial charge in [0.15, 0.2) is 17.8 Å². The predicted octanol–water partition coefficient (Wildman–Crippen LogP) is 1.16. The summed E-state index contributed by atoms with van der Waals surface area (Å²) in [5, 5.41) is 0. The van der Waals surface area contributed by atoms with E-state index in [4.69, 9.17) is 15.2 Å². The summed E-state index contributed by atoms with van der Waals surface area (Å²) in [5.74, 6) is 1.26. The van der Waals surface area contributed by atoms with Gasteiger partial charge >= 0.3 is 0 Å². The first-order chi connectivity index (χ1) is 7.86. The van der Waals surface area contributed by atoms with Gasteiger partial charge < -0.3 is 15.2 Å². The molecule has 0 radical (unpaired) electrons. The highest BCUT2D eigenvalue weighted by Crippen LogP contribution is 2.36. The van der Waals surface area contributed by atoms with Crippen molar-refractivity contribution >= 4 is 6.29 Å². The largest absolute Gasteiger partial charge is 0.489 e. The predicted molar refractivity (Wildman–Crippen MR) is 60.2 cm³/mol. The number of hydrogen-bond acceptors (Lipinski definition) is 4. The average Bonchev–Trinajstić information content (AvgIpc) is 2.55. The molecule has 2 rings (SSSR count). The summed E-state index contributed by atoms with van der Waals surface area (Å²) in [7, 11) is 0. The molecule has 4 heteroatoms. The van der Waals surface area contributed by atoms with Crippen LogP contribution in [-0.2, 0) is 6.42 Å². The van der Waals surface area contributed by atoms with E-state index in [9.17, 15) is 4.79 Å². The standard InChI is InChI=1S/C12H15NO3/c13-5-4-9-2-3-10(8-14)12-11(9)15-6-1-7-16-12/h2-3,8H,1,4-7,13H2. The maximum Gasteiger partial charge on any atom is 0.171 e. The molecule has 0 atom stereocenters. The van der Waals surface area contributed by atoms with Crippen LogP contribution in [0, 0.1) is 0 Å². The molecule has 1 aliphatic heterocycles. The van der Waals surface area contributed by atoms with E-state index in [1.54, 1.807) is 6.07 Å². The number of rotatable bonds is 3. The third kappa shape index (κ3) is 2.02. The molecule has 1 heterocycles. The lowest BCUT2D eigenvalue weighted by Gasteiger charge is -2.13. The SMILES string of the molecule is NCCc1ccc(C=O)c2c1OCCCO2. The molecule has 0 aromatic heterocycles. The van der Waals surface area contributed by atoms with Crippen LogP contribution in [0.1, 0.15) is 22.3 Å². The van der Waals surface area contributed by atoms with Crippen LogP contribution in [0.5, 0.6) is 11.5 Å². The van der Waals surface area contributed by atoms with Gasteiger partial charge in [-0.15, -0.1) is 0 Å². The van der Waals surface area contributed by atoms with Crippen molar-refractivity contribution in [1.29, 1.82) is 0 Å². The van der Waals surface area contributed by atoms with Crippen LogP contribution >= 0.6 is 0 Å². The molecule has 2 N–H and O–H groups in total. The van der Waals surface area contributed by atoms with Crippen molar-refractivity contribution in [3.63, 3.8) is 0 Å². The molecule has 0 saturated carbocycles. The van der Waals surface area contributed by atoms with Gasteiger partial charge in [-0.05, 0) is 24.6 Å². The van der Waals surface area contributed by atoms with Gasteiger partial charge in [-0.3, -0.25) is 4.79 Å². The summed E-state index contributed by atoms with van der Waals surface area (Å²) in [6.45, 7) is 1.75. The zero-order valence-electron chi connectivity index (χ0n) is 9.07. The Kier molecular flexibility index (Phi) is 3.41. The molecule has 0 aliphatic carbocycles. The van der Waals surface area contributed by atoms with Gasteiger partial charge in [0.05, 0.1) is 18.8 Å². The van der Waals surface area contributed by atoms with Crippen LogP contribution in [0.3, 0.4) is 0 Å². The Hall–Kier alpha value is -1.55. The monoisotopic (exact) mass is 221 g/mol. The fourth-order valence-electron chi connectivity index (χ4n) is 1.78. The number of hydrogen-bond donors (Lipinski definition) is 1. The molecule has 0 bridgehead atoms. The number of carbonyl (C=O) groups is 1. The van der Waals surface area contributed by atoms with Crippen molar-refractivity contribution in [2.75, 3.05) is 19.8 Å². The van der Waals surface area contributed by atoms with Crippen LogP contribution < -0.4 is 15.2 Å². The lowest BCUT2D eigenvalue weighted by molar-refractivity contribution is 0.111. The van der Waals surface area contributed by atoms with Crippen LogP contribution in [0.4, 0.5) is 0 Å². The second-order valence-electron chi connectivity index (χ2n) is 3.68. The number of ether oxygens (including phenoxy) is 2. The fourth-order valence-corrected chi connectivity index (χ4v) is 1.78. The van der Waals surface area contributed by atoms with Crippen molar-refractivity contribution < 1.29 is 14.3 Å². The molecule has 86 valence electrons. The highest BCUT2D eigenvalue weighted by Gasteiger charge is 2.18. The van der Waals surface area contributed by atoms with Crippen LogP contribution in [0.2, 0.25) is 0 Å². The maximum absolute atomic E-state index is 10.9. The molecule has 4 nitrogen and oxygen atoms in total. The second-order valence-corrected chi connectivity index (χ2v) is 3.68. The summed E-state index contributed by atoms with van der Waals surface area (Å²) < 4.78 is 11.2. The Balaban J connectivity index is 2.47. The number of benzene rings is 1. The highest BCUT2D eigenvalue weighted by molar-refractivity contribution is 5.82. The molecule has 0 unspecified atom stereocenters. The number of fused-ring (bicyclic) bond motifs is 1. The van der Waals surface area contributed by atoms with Crippen molar-refractivity contribution in [3.8, 4) is 11.5 Å². The minimum Gasteiger partial charge on any atom is -0.489 e. The molecule has 0 saturated heterocycles. The summed E-state index contributed by atoms with van der Waals surface area (Å²) in [6.07, 6.45) is 2.35. The molecule has 1 aliphatic rings. The van der Waals surface area contributed by atoms with E-state index < -0.39 is 0 Å². The van der Waals surface area contributed by atoms with E-state index in [1.165, 1.54) is 0 Å². The van der Waals surface area contributed by atoms with Gasteiger partial charge in [0.25, 0.3) is 0 Å². The van der Waals surface area contributed by atoms with E-state index in [0.29, 0.717) is 36.8 Å². The smallest absolute Gasteiger partial charge is 0.171 e. The Bertz CT molecular complexity index is 390. The Labute approximate surface area is 94.3 Å². The lowest BCUT2D eigenvalue weighted by Crippen LogP contribution is -2.06. The van der Waals surface area contributed by atoms with Gasteiger partial charge in [-0.25, -0.2) is 0 Å². The van der Waals surface area contributed by atoms with Crippen LogP contribution in [-0.4, -0.2) is 26.0 Å². The quantitative estimate of drug-likeness (QED) is 0.778. The first-order valence-corrected chi connectivity index (χ1v) is 5.43. The van der Waals surface area contributed by atoms with E-state index >= 15 is 0 Å². The second kappa shape index (κ2) is 4.99. The number of aldehydes is 1. The Morgan fingerprint density at radius 1 is 1.25 bits per heavy atom. The van der Waals surface area contributed by atoms with Crippen LogP contribution in [0.25, 0.3) is 0 Å². The van der Waals surface area contributed by atoms with Gasteiger partial charge in [0.1, 0.15) is 0 Å². The third-order valence-electron chi connectivity index (χ3n) is 2.55. The van der Waals surface area contributed by atoms with Gasteiger partial charge in [0, 0.05) is 6.42 Å². The molecular weight excluding hydrogens is 206 g/mol. The third-order valence-corrected chi connectivity index (χ3v) is 2.55. The maximum atomic E-state index is 10.9. The van der Waals surface area contributed by atoms with Gasteiger partial charge in [-0.1, -0.05) is 6.07 Å². The molecule has 16 heavy (non-hydrogen) atoms. The fraction of sp³-hybridized carbons (Fsp3) is 0.417. The van der Waals surface area contributed by atoms with Gasteiger partial charge in [-0.2, -0.15) is 0 Å². The normalized spacial score (nSPS) is 14.3. The lowest BCUT2D eigenvalue weighted by atomic mass is 10.1.